The van der Waals surface area contributed by atoms with Crippen LogP contribution in [-0.2, 0) is 0 Å². The molecular weight excluding hydrogens is 224 g/mol. The van der Waals surface area contributed by atoms with E-state index in [1.54, 1.807) is 12.1 Å². The maximum absolute atomic E-state index is 11.9. The highest BCUT2D eigenvalue weighted by Crippen LogP contribution is 2.21. The molecule has 0 spiro atoms. The van der Waals surface area contributed by atoms with E-state index in [-0.39, 0.29) is 17.4 Å². The Morgan fingerprint density at radius 2 is 1.94 bits per heavy atom. The van der Waals surface area contributed by atoms with Gasteiger partial charge in [-0.15, -0.1) is 6.58 Å². The summed E-state index contributed by atoms with van der Waals surface area (Å²) >= 11 is 0. The maximum atomic E-state index is 11.9. The van der Waals surface area contributed by atoms with Crippen LogP contribution in [0.15, 0.2) is 43.0 Å². The second kappa shape index (κ2) is 6.36. The van der Waals surface area contributed by atoms with Crippen molar-refractivity contribution < 1.29 is 4.79 Å². The van der Waals surface area contributed by atoms with Crippen LogP contribution < -0.4 is 10.9 Å². The topological polar surface area (TPSA) is 41.1 Å². The van der Waals surface area contributed by atoms with Crippen LogP contribution in [0.2, 0.25) is 0 Å². The summed E-state index contributed by atoms with van der Waals surface area (Å²) in [5.41, 5.74) is 6.54. The Morgan fingerprint density at radius 1 is 1.33 bits per heavy atom. The van der Waals surface area contributed by atoms with E-state index in [0.717, 1.165) is 6.42 Å². The number of hydrogen-bond donors (Lipinski definition) is 2. The van der Waals surface area contributed by atoms with Gasteiger partial charge in [0.2, 0.25) is 0 Å². The van der Waals surface area contributed by atoms with E-state index in [9.17, 15) is 4.79 Å². The highest BCUT2D eigenvalue weighted by Gasteiger charge is 2.23. The molecule has 1 rings (SSSR count). The van der Waals surface area contributed by atoms with E-state index >= 15 is 0 Å². The van der Waals surface area contributed by atoms with Gasteiger partial charge in [0.15, 0.2) is 0 Å². The minimum absolute atomic E-state index is 0.0537. The number of hydrazine groups is 1. The SMILES string of the molecule is C=CCC(NNC(=O)c1ccccc1)C(C)(C)C. The van der Waals surface area contributed by atoms with Gasteiger partial charge in [-0.25, -0.2) is 5.43 Å². The zero-order valence-electron chi connectivity index (χ0n) is 11.4. The zero-order chi connectivity index (χ0) is 13.6. The number of carbonyl (C=O) groups is 1. The number of hydrogen-bond acceptors (Lipinski definition) is 2. The zero-order valence-corrected chi connectivity index (χ0v) is 11.4. The Labute approximate surface area is 109 Å². The first kappa shape index (κ1) is 14.5. The van der Waals surface area contributed by atoms with Crippen LogP contribution in [0.3, 0.4) is 0 Å². The van der Waals surface area contributed by atoms with Gasteiger partial charge in [0.1, 0.15) is 0 Å². The molecule has 0 aliphatic carbocycles. The molecule has 0 saturated heterocycles. The molecule has 0 aromatic heterocycles. The summed E-state index contributed by atoms with van der Waals surface area (Å²) < 4.78 is 0. The van der Waals surface area contributed by atoms with E-state index in [2.05, 4.69) is 38.2 Å². The van der Waals surface area contributed by atoms with E-state index in [0.29, 0.717) is 5.56 Å². The van der Waals surface area contributed by atoms with Crippen LogP contribution in [0, 0.1) is 5.41 Å². The number of amides is 1. The predicted octanol–water partition coefficient (Wildman–Crippen LogP) is 2.91. The Hall–Kier alpha value is -1.61. The highest BCUT2D eigenvalue weighted by atomic mass is 16.2. The van der Waals surface area contributed by atoms with E-state index in [4.69, 9.17) is 0 Å². The maximum Gasteiger partial charge on any atom is 0.265 e. The van der Waals surface area contributed by atoms with Crippen molar-refractivity contribution in [3.63, 3.8) is 0 Å². The van der Waals surface area contributed by atoms with Gasteiger partial charge < -0.3 is 0 Å². The number of carbonyl (C=O) groups excluding carboxylic acids is 1. The summed E-state index contributed by atoms with van der Waals surface area (Å²) in [4.78, 5) is 11.9. The first-order chi connectivity index (χ1) is 8.45. The van der Waals surface area contributed by atoms with Gasteiger partial charge in [-0.3, -0.25) is 10.2 Å². The molecule has 1 aromatic rings. The van der Waals surface area contributed by atoms with E-state index in [1.165, 1.54) is 0 Å². The van der Waals surface area contributed by atoms with E-state index < -0.39 is 0 Å². The van der Waals surface area contributed by atoms with Crippen LogP contribution in [-0.4, -0.2) is 11.9 Å². The summed E-state index contributed by atoms with van der Waals surface area (Å²) in [6, 6.07) is 9.31. The minimum Gasteiger partial charge on any atom is -0.287 e. The molecule has 3 heteroatoms. The predicted molar refractivity (Wildman–Crippen MR) is 75.1 cm³/mol. The molecule has 1 aromatic carbocycles. The number of rotatable bonds is 5. The van der Waals surface area contributed by atoms with Crippen molar-refractivity contribution in [3.05, 3.63) is 48.6 Å². The molecule has 0 radical (unpaired) electrons. The minimum atomic E-state index is -0.117. The number of nitrogens with one attached hydrogen (secondary N) is 2. The van der Waals surface area contributed by atoms with Crippen LogP contribution in [0.25, 0.3) is 0 Å². The fraction of sp³-hybridized carbons (Fsp3) is 0.400. The Bertz CT molecular complexity index is 393. The molecule has 3 nitrogen and oxygen atoms in total. The Kier molecular flexibility index (Phi) is 5.10. The summed E-state index contributed by atoms with van der Waals surface area (Å²) in [6.45, 7) is 10.1. The second-order valence-corrected chi connectivity index (χ2v) is 5.41. The fourth-order valence-corrected chi connectivity index (χ4v) is 1.61. The van der Waals surface area contributed by atoms with Crippen LogP contribution >= 0.6 is 0 Å². The van der Waals surface area contributed by atoms with Gasteiger partial charge in [0.25, 0.3) is 5.91 Å². The van der Waals surface area contributed by atoms with Crippen molar-refractivity contribution >= 4 is 5.91 Å². The lowest BCUT2D eigenvalue weighted by atomic mass is 9.85. The lowest BCUT2D eigenvalue weighted by Crippen LogP contribution is -2.49. The van der Waals surface area contributed by atoms with Gasteiger partial charge >= 0.3 is 0 Å². The molecule has 0 aliphatic heterocycles. The fourth-order valence-electron chi connectivity index (χ4n) is 1.61. The smallest absolute Gasteiger partial charge is 0.265 e. The summed E-state index contributed by atoms with van der Waals surface area (Å²) in [7, 11) is 0. The third-order valence-electron chi connectivity index (χ3n) is 2.84. The molecule has 1 atom stereocenters. The van der Waals surface area contributed by atoms with Gasteiger partial charge in [-0.05, 0) is 24.0 Å². The third-order valence-corrected chi connectivity index (χ3v) is 2.84. The highest BCUT2D eigenvalue weighted by molar-refractivity contribution is 5.93. The molecule has 1 unspecified atom stereocenters. The monoisotopic (exact) mass is 246 g/mol. The summed E-state index contributed by atoms with van der Waals surface area (Å²) in [5, 5.41) is 0. The van der Waals surface area contributed by atoms with Gasteiger partial charge in [-0.1, -0.05) is 45.0 Å². The van der Waals surface area contributed by atoms with Crippen LogP contribution in [0.5, 0.6) is 0 Å². The molecule has 98 valence electrons. The standard InChI is InChI=1S/C15H22N2O/c1-5-9-13(15(2,3)4)16-17-14(18)12-10-7-6-8-11-12/h5-8,10-11,13,16H,1,9H2,2-4H3,(H,17,18). The third kappa shape index (κ3) is 4.34. The largest absolute Gasteiger partial charge is 0.287 e. The average Bonchev–Trinajstić information content (AvgIpc) is 2.33. The molecule has 0 bridgehead atoms. The van der Waals surface area contributed by atoms with Crippen LogP contribution in [0.1, 0.15) is 37.6 Å². The van der Waals surface area contributed by atoms with Crippen molar-refractivity contribution in [3.8, 4) is 0 Å². The lowest BCUT2D eigenvalue weighted by Gasteiger charge is -2.30. The van der Waals surface area contributed by atoms with Crippen molar-refractivity contribution in [2.75, 3.05) is 0 Å². The van der Waals surface area contributed by atoms with Crippen molar-refractivity contribution in [2.45, 2.75) is 33.2 Å². The molecule has 1 amide bonds. The summed E-state index contributed by atoms with van der Waals surface area (Å²) in [5.74, 6) is -0.117. The molecule has 0 heterocycles. The van der Waals surface area contributed by atoms with Gasteiger partial charge in [0.05, 0.1) is 0 Å². The lowest BCUT2D eigenvalue weighted by molar-refractivity contribution is 0.0908. The summed E-state index contributed by atoms with van der Waals surface area (Å²) in [6.07, 6.45) is 2.66. The Balaban J connectivity index is 2.58. The normalized spacial score (nSPS) is 12.8. The second-order valence-electron chi connectivity index (χ2n) is 5.41. The molecule has 0 fully saturated rings. The Morgan fingerprint density at radius 3 is 2.44 bits per heavy atom. The molecule has 2 N–H and O–H groups in total. The van der Waals surface area contributed by atoms with Crippen molar-refractivity contribution in [1.82, 2.24) is 10.9 Å². The first-order valence-electron chi connectivity index (χ1n) is 6.17. The van der Waals surface area contributed by atoms with Crippen molar-refractivity contribution in [2.24, 2.45) is 5.41 Å². The van der Waals surface area contributed by atoms with E-state index in [1.807, 2.05) is 24.3 Å². The van der Waals surface area contributed by atoms with Gasteiger partial charge in [-0.2, -0.15) is 0 Å². The average molecular weight is 246 g/mol. The van der Waals surface area contributed by atoms with Crippen LogP contribution in [0.4, 0.5) is 0 Å². The first-order valence-corrected chi connectivity index (χ1v) is 6.17. The van der Waals surface area contributed by atoms with Gasteiger partial charge in [0, 0.05) is 11.6 Å². The molecule has 0 saturated carbocycles. The number of benzene rings is 1. The molecule has 18 heavy (non-hydrogen) atoms. The molecular formula is C15H22N2O. The molecule has 0 aliphatic rings. The van der Waals surface area contributed by atoms with Crippen molar-refractivity contribution in [1.29, 1.82) is 0 Å². The quantitative estimate of drug-likeness (QED) is 0.619.